The zero-order chi connectivity index (χ0) is 13.4. The molecular formula is C15H22N2O2. The summed E-state index contributed by atoms with van der Waals surface area (Å²) in [6, 6.07) is 7.24. The second-order valence-corrected chi connectivity index (χ2v) is 5.82. The molecule has 19 heavy (non-hydrogen) atoms. The number of nitrogens with zero attached hydrogens (tertiary/aromatic N) is 1. The Morgan fingerprint density at radius 1 is 1.21 bits per heavy atom. The molecule has 0 bridgehead atoms. The predicted molar refractivity (Wildman–Crippen MR) is 75.8 cm³/mol. The monoisotopic (exact) mass is 262 g/mol. The number of hydrogen-bond donors (Lipinski definition) is 1. The minimum atomic E-state index is 0.334. The third kappa shape index (κ3) is 2.50. The molecule has 1 aromatic carbocycles. The average Bonchev–Trinajstić information content (AvgIpc) is 2.83. The van der Waals surface area contributed by atoms with Gasteiger partial charge in [-0.3, -0.25) is 0 Å². The van der Waals surface area contributed by atoms with Gasteiger partial charge in [0.2, 0.25) is 6.79 Å². The number of likely N-dealkylation sites (tertiary alicyclic amines) is 1. The number of anilines is 1. The maximum atomic E-state index is 5.42. The zero-order valence-corrected chi connectivity index (χ0v) is 11.8. The second kappa shape index (κ2) is 4.93. The van der Waals surface area contributed by atoms with Crippen LogP contribution in [0, 0.1) is 5.92 Å². The molecular weight excluding hydrogens is 240 g/mol. The van der Waals surface area contributed by atoms with E-state index in [9.17, 15) is 0 Å². The first-order valence-electron chi connectivity index (χ1n) is 7.00. The van der Waals surface area contributed by atoms with Gasteiger partial charge in [-0.1, -0.05) is 6.92 Å². The summed E-state index contributed by atoms with van der Waals surface area (Å²) >= 11 is 0. The Labute approximate surface area is 114 Å². The molecule has 3 rings (SSSR count). The Bertz CT molecular complexity index is 463. The normalized spacial score (nSPS) is 30.4. The van der Waals surface area contributed by atoms with E-state index in [-0.39, 0.29) is 0 Å². The summed E-state index contributed by atoms with van der Waals surface area (Å²) < 4.78 is 10.8. The molecule has 0 amide bonds. The summed E-state index contributed by atoms with van der Waals surface area (Å²) in [5, 5.41) is 3.65. The van der Waals surface area contributed by atoms with Gasteiger partial charge in [-0.15, -0.1) is 0 Å². The Balaban J connectivity index is 1.71. The molecule has 0 spiro atoms. The topological polar surface area (TPSA) is 33.7 Å². The number of nitrogens with one attached hydrogen (secondary N) is 1. The maximum absolute atomic E-state index is 5.42. The van der Waals surface area contributed by atoms with E-state index >= 15 is 0 Å². The van der Waals surface area contributed by atoms with Gasteiger partial charge < -0.3 is 19.7 Å². The van der Waals surface area contributed by atoms with E-state index in [1.807, 2.05) is 12.1 Å². The highest BCUT2D eigenvalue weighted by molar-refractivity contribution is 5.56. The zero-order valence-electron chi connectivity index (χ0n) is 11.8. The van der Waals surface area contributed by atoms with Crippen molar-refractivity contribution in [1.82, 2.24) is 4.90 Å². The van der Waals surface area contributed by atoms with Gasteiger partial charge in [0.1, 0.15) is 0 Å². The molecule has 4 heteroatoms. The molecule has 0 saturated carbocycles. The number of ether oxygens (including phenoxy) is 2. The molecule has 4 nitrogen and oxygen atoms in total. The van der Waals surface area contributed by atoms with Gasteiger partial charge in [0.15, 0.2) is 11.5 Å². The van der Waals surface area contributed by atoms with Crippen LogP contribution < -0.4 is 14.8 Å². The van der Waals surface area contributed by atoms with E-state index in [0.29, 0.717) is 24.8 Å². The van der Waals surface area contributed by atoms with Crippen molar-refractivity contribution in [1.29, 1.82) is 0 Å². The van der Waals surface area contributed by atoms with Gasteiger partial charge in [0.05, 0.1) is 0 Å². The van der Waals surface area contributed by atoms with Crippen molar-refractivity contribution in [3.63, 3.8) is 0 Å². The van der Waals surface area contributed by atoms with E-state index in [1.54, 1.807) is 0 Å². The van der Waals surface area contributed by atoms with Crippen molar-refractivity contribution in [3.05, 3.63) is 18.2 Å². The minimum Gasteiger partial charge on any atom is -0.454 e. The highest BCUT2D eigenvalue weighted by Gasteiger charge is 2.29. The standard InChI is InChI=1S/C15H22N2O2/c1-10-8-17(3)11(2)6-13(10)16-12-4-5-14-15(7-12)19-9-18-14/h4-5,7,10-11,13,16H,6,8-9H2,1-3H3. The van der Waals surface area contributed by atoms with Crippen LogP contribution >= 0.6 is 0 Å². The fourth-order valence-corrected chi connectivity index (χ4v) is 2.94. The Kier molecular flexibility index (Phi) is 3.27. The van der Waals surface area contributed by atoms with E-state index in [2.05, 4.69) is 37.2 Å². The summed E-state index contributed by atoms with van der Waals surface area (Å²) in [7, 11) is 2.21. The van der Waals surface area contributed by atoms with E-state index < -0.39 is 0 Å². The molecule has 1 saturated heterocycles. The van der Waals surface area contributed by atoms with Crippen molar-refractivity contribution < 1.29 is 9.47 Å². The molecule has 2 aliphatic rings. The van der Waals surface area contributed by atoms with Crippen LogP contribution in [-0.4, -0.2) is 37.4 Å². The quantitative estimate of drug-likeness (QED) is 0.888. The minimum absolute atomic E-state index is 0.334. The molecule has 2 aliphatic heterocycles. The van der Waals surface area contributed by atoms with Crippen LogP contribution in [0.15, 0.2) is 18.2 Å². The summed E-state index contributed by atoms with van der Waals surface area (Å²) in [6.45, 7) is 6.08. The molecule has 104 valence electrons. The van der Waals surface area contributed by atoms with Gasteiger partial charge >= 0.3 is 0 Å². The van der Waals surface area contributed by atoms with Crippen LogP contribution in [0.4, 0.5) is 5.69 Å². The maximum Gasteiger partial charge on any atom is 0.231 e. The number of fused-ring (bicyclic) bond motifs is 1. The van der Waals surface area contributed by atoms with Gasteiger partial charge in [0, 0.05) is 30.4 Å². The Hall–Kier alpha value is -1.42. The van der Waals surface area contributed by atoms with Gasteiger partial charge in [-0.05, 0) is 38.4 Å². The lowest BCUT2D eigenvalue weighted by atomic mass is 9.89. The lowest BCUT2D eigenvalue weighted by Gasteiger charge is -2.40. The molecule has 3 atom stereocenters. The molecule has 0 aromatic heterocycles. The largest absolute Gasteiger partial charge is 0.454 e. The Morgan fingerprint density at radius 2 is 2.00 bits per heavy atom. The highest BCUT2D eigenvalue weighted by atomic mass is 16.7. The third-order valence-electron chi connectivity index (χ3n) is 4.33. The van der Waals surface area contributed by atoms with Gasteiger partial charge in [-0.25, -0.2) is 0 Å². The van der Waals surface area contributed by atoms with Crippen LogP contribution in [0.3, 0.4) is 0 Å². The number of benzene rings is 1. The van der Waals surface area contributed by atoms with Crippen molar-refractivity contribution in [2.75, 3.05) is 25.7 Å². The molecule has 1 fully saturated rings. The predicted octanol–water partition coefficient (Wildman–Crippen LogP) is 2.56. The molecule has 1 N–H and O–H groups in total. The smallest absolute Gasteiger partial charge is 0.231 e. The van der Waals surface area contributed by atoms with E-state index in [0.717, 1.165) is 23.7 Å². The van der Waals surface area contributed by atoms with Crippen molar-refractivity contribution in [3.8, 4) is 11.5 Å². The number of piperidine rings is 1. The fraction of sp³-hybridized carbons (Fsp3) is 0.600. The van der Waals surface area contributed by atoms with Crippen LogP contribution in [-0.2, 0) is 0 Å². The first-order chi connectivity index (χ1) is 9.13. The second-order valence-electron chi connectivity index (χ2n) is 5.82. The summed E-state index contributed by atoms with van der Waals surface area (Å²) in [6.07, 6.45) is 1.17. The number of hydrogen-bond acceptors (Lipinski definition) is 4. The first kappa shape index (κ1) is 12.6. The molecule has 0 radical (unpaired) electrons. The summed E-state index contributed by atoms with van der Waals surface area (Å²) in [5.41, 5.74) is 1.12. The van der Waals surface area contributed by atoms with E-state index in [4.69, 9.17) is 9.47 Å². The third-order valence-corrected chi connectivity index (χ3v) is 4.33. The lowest BCUT2D eigenvalue weighted by Crippen LogP contribution is -2.48. The molecule has 3 unspecified atom stereocenters. The fourth-order valence-electron chi connectivity index (χ4n) is 2.94. The van der Waals surface area contributed by atoms with Crippen LogP contribution in [0.25, 0.3) is 0 Å². The van der Waals surface area contributed by atoms with Crippen molar-refractivity contribution >= 4 is 5.69 Å². The van der Waals surface area contributed by atoms with Crippen molar-refractivity contribution in [2.24, 2.45) is 5.92 Å². The highest BCUT2D eigenvalue weighted by Crippen LogP contribution is 2.35. The van der Waals surface area contributed by atoms with Crippen LogP contribution in [0.5, 0.6) is 11.5 Å². The summed E-state index contributed by atoms with van der Waals surface area (Å²) in [5.74, 6) is 2.33. The lowest BCUT2D eigenvalue weighted by molar-refractivity contribution is 0.145. The molecule has 2 heterocycles. The van der Waals surface area contributed by atoms with Crippen LogP contribution in [0.1, 0.15) is 20.3 Å². The van der Waals surface area contributed by atoms with Gasteiger partial charge in [0.25, 0.3) is 0 Å². The first-order valence-corrected chi connectivity index (χ1v) is 7.00. The SMILES string of the molecule is CC1CN(C)C(C)CC1Nc1ccc2c(c1)OCO2. The van der Waals surface area contributed by atoms with Gasteiger partial charge in [-0.2, -0.15) is 0 Å². The van der Waals surface area contributed by atoms with Crippen molar-refractivity contribution in [2.45, 2.75) is 32.4 Å². The average molecular weight is 262 g/mol. The summed E-state index contributed by atoms with van der Waals surface area (Å²) in [4.78, 5) is 2.43. The number of rotatable bonds is 2. The molecule has 1 aromatic rings. The molecule has 0 aliphatic carbocycles. The van der Waals surface area contributed by atoms with Crippen LogP contribution in [0.2, 0.25) is 0 Å². The van der Waals surface area contributed by atoms with E-state index in [1.165, 1.54) is 6.42 Å². The Morgan fingerprint density at radius 3 is 2.84 bits per heavy atom.